The highest BCUT2D eigenvalue weighted by Crippen LogP contribution is 2.28. The topological polar surface area (TPSA) is 62.1 Å². The molecule has 1 aliphatic carbocycles. The highest BCUT2D eigenvalue weighted by molar-refractivity contribution is 5.90. The van der Waals surface area contributed by atoms with Gasteiger partial charge in [0.25, 0.3) is 0 Å². The molecule has 19 heavy (non-hydrogen) atoms. The molecule has 0 atom stereocenters. The molecule has 0 aliphatic heterocycles. The number of anilines is 1. The third-order valence-corrected chi connectivity index (χ3v) is 3.02. The highest BCUT2D eigenvalue weighted by Gasteiger charge is 2.20. The van der Waals surface area contributed by atoms with E-state index in [1.807, 2.05) is 6.07 Å². The van der Waals surface area contributed by atoms with Gasteiger partial charge in [-0.05, 0) is 43.4 Å². The first-order valence-electron chi connectivity index (χ1n) is 6.65. The molecule has 2 rings (SSSR count). The number of ether oxygens (including phenoxy) is 1. The minimum Gasteiger partial charge on any atom is -0.381 e. The first-order valence-corrected chi connectivity index (χ1v) is 6.65. The van der Waals surface area contributed by atoms with Crippen molar-refractivity contribution in [1.29, 1.82) is 5.26 Å². The lowest BCUT2D eigenvalue weighted by Gasteiger charge is -2.06. The molecule has 0 heterocycles. The van der Waals surface area contributed by atoms with E-state index in [2.05, 4.69) is 5.32 Å². The van der Waals surface area contributed by atoms with Gasteiger partial charge in [-0.15, -0.1) is 0 Å². The molecule has 0 unspecified atom stereocenters. The molecule has 1 N–H and O–H groups in total. The summed E-state index contributed by atoms with van der Waals surface area (Å²) in [7, 11) is 0. The Balaban J connectivity index is 1.63. The lowest BCUT2D eigenvalue weighted by molar-refractivity contribution is -0.116. The van der Waals surface area contributed by atoms with Crippen LogP contribution in [-0.2, 0) is 9.53 Å². The smallest absolute Gasteiger partial charge is 0.224 e. The van der Waals surface area contributed by atoms with Crippen LogP contribution in [0, 0.1) is 17.2 Å². The van der Waals surface area contributed by atoms with E-state index in [0.29, 0.717) is 24.3 Å². The van der Waals surface area contributed by atoms with Gasteiger partial charge in [-0.25, -0.2) is 0 Å². The fourth-order valence-corrected chi connectivity index (χ4v) is 1.76. The first kappa shape index (κ1) is 13.6. The number of hydrogen-bond donors (Lipinski definition) is 1. The summed E-state index contributed by atoms with van der Waals surface area (Å²) in [4.78, 5) is 11.7. The molecule has 0 bridgehead atoms. The second kappa shape index (κ2) is 6.91. The monoisotopic (exact) mass is 258 g/mol. The van der Waals surface area contributed by atoms with Gasteiger partial charge in [0.05, 0.1) is 11.6 Å². The Labute approximate surface area is 113 Å². The van der Waals surface area contributed by atoms with Crippen LogP contribution in [0.25, 0.3) is 0 Å². The summed E-state index contributed by atoms with van der Waals surface area (Å²) in [5.41, 5.74) is 1.22. The largest absolute Gasteiger partial charge is 0.381 e. The maximum Gasteiger partial charge on any atom is 0.224 e. The van der Waals surface area contributed by atoms with Gasteiger partial charge in [0.2, 0.25) is 5.91 Å². The van der Waals surface area contributed by atoms with Gasteiger partial charge in [0.1, 0.15) is 0 Å². The average Bonchev–Trinajstić information content (AvgIpc) is 3.22. The van der Waals surface area contributed by atoms with Gasteiger partial charge in [-0.2, -0.15) is 5.26 Å². The minimum atomic E-state index is -0.0369. The van der Waals surface area contributed by atoms with Gasteiger partial charge in [-0.1, -0.05) is 6.07 Å². The third kappa shape index (κ3) is 5.11. The van der Waals surface area contributed by atoms with E-state index >= 15 is 0 Å². The highest BCUT2D eigenvalue weighted by atomic mass is 16.5. The Morgan fingerprint density at radius 1 is 1.47 bits per heavy atom. The molecule has 1 saturated carbocycles. The van der Waals surface area contributed by atoms with Crippen molar-refractivity contribution < 1.29 is 9.53 Å². The third-order valence-electron chi connectivity index (χ3n) is 3.02. The summed E-state index contributed by atoms with van der Waals surface area (Å²) in [6.45, 7) is 1.48. The van der Waals surface area contributed by atoms with E-state index in [4.69, 9.17) is 10.00 Å². The van der Waals surface area contributed by atoms with E-state index in [1.165, 1.54) is 12.8 Å². The number of carbonyl (C=O) groups is 1. The normalized spacial score (nSPS) is 13.8. The summed E-state index contributed by atoms with van der Waals surface area (Å²) in [6.07, 6.45) is 3.75. The van der Waals surface area contributed by atoms with Crippen LogP contribution in [0.3, 0.4) is 0 Å². The zero-order valence-corrected chi connectivity index (χ0v) is 10.9. The summed E-state index contributed by atoms with van der Waals surface area (Å²) >= 11 is 0. The maximum atomic E-state index is 11.7. The lowest BCUT2D eigenvalue weighted by Crippen LogP contribution is -2.12. The summed E-state index contributed by atoms with van der Waals surface area (Å²) in [5.74, 6) is 0.729. The number of nitrogens with one attached hydrogen (secondary N) is 1. The molecule has 4 heteroatoms. The first-order chi connectivity index (χ1) is 9.28. The second-order valence-corrected chi connectivity index (χ2v) is 4.86. The van der Waals surface area contributed by atoms with Crippen LogP contribution in [-0.4, -0.2) is 19.1 Å². The van der Waals surface area contributed by atoms with Crippen molar-refractivity contribution in [3.8, 4) is 6.07 Å². The van der Waals surface area contributed by atoms with Crippen molar-refractivity contribution >= 4 is 11.6 Å². The Bertz CT molecular complexity index is 475. The van der Waals surface area contributed by atoms with Gasteiger partial charge >= 0.3 is 0 Å². The Kier molecular flexibility index (Phi) is 4.93. The van der Waals surface area contributed by atoms with Crippen molar-refractivity contribution in [2.24, 2.45) is 5.92 Å². The summed E-state index contributed by atoms with van der Waals surface area (Å²) in [6, 6.07) is 8.96. The zero-order valence-electron chi connectivity index (χ0n) is 10.9. The summed E-state index contributed by atoms with van der Waals surface area (Å²) in [5, 5.41) is 11.6. The van der Waals surface area contributed by atoms with E-state index in [0.717, 1.165) is 18.9 Å². The minimum absolute atomic E-state index is 0.0369. The van der Waals surface area contributed by atoms with E-state index in [9.17, 15) is 4.79 Å². The van der Waals surface area contributed by atoms with Gasteiger partial charge in [0.15, 0.2) is 0 Å². The Morgan fingerprint density at radius 2 is 2.32 bits per heavy atom. The Hall–Kier alpha value is -1.86. The van der Waals surface area contributed by atoms with Gasteiger partial charge < -0.3 is 10.1 Å². The number of hydrogen-bond acceptors (Lipinski definition) is 3. The van der Waals surface area contributed by atoms with E-state index in [1.54, 1.807) is 24.3 Å². The lowest BCUT2D eigenvalue weighted by atomic mass is 10.2. The number of nitriles is 1. The van der Waals surface area contributed by atoms with Crippen LogP contribution in [0.1, 0.15) is 31.2 Å². The molecule has 0 aromatic heterocycles. The predicted octanol–water partition coefficient (Wildman–Crippen LogP) is 2.70. The fraction of sp³-hybridized carbons (Fsp3) is 0.467. The molecule has 1 fully saturated rings. The predicted molar refractivity (Wildman–Crippen MR) is 72.6 cm³/mol. The van der Waals surface area contributed by atoms with Crippen LogP contribution in [0.4, 0.5) is 5.69 Å². The number of carbonyl (C=O) groups excluding carboxylic acids is 1. The Morgan fingerprint density at radius 3 is 3.05 bits per heavy atom. The quantitative estimate of drug-likeness (QED) is 0.765. The van der Waals surface area contributed by atoms with Crippen molar-refractivity contribution in [3.05, 3.63) is 29.8 Å². The van der Waals surface area contributed by atoms with Gasteiger partial charge in [-0.3, -0.25) is 4.79 Å². The van der Waals surface area contributed by atoms with Crippen LogP contribution in [0.15, 0.2) is 24.3 Å². The van der Waals surface area contributed by atoms with Crippen molar-refractivity contribution in [3.63, 3.8) is 0 Å². The van der Waals surface area contributed by atoms with Crippen LogP contribution in [0.2, 0.25) is 0 Å². The second-order valence-electron chi connectivity index (χ2n) is 4.86. The molecule has 100 valence electrons. The van der Waals surface area contributed by atoms with Crippen LogP contribution >= 0.6 is 0 Å². The molecular formula is C15H18N2O2. The molecular weight excluding hydrogens is 240 g/mol. The SMILES string of the molecule is N#Cc1cccc(NC(=O)CCCOCC2CC2)c1. The zero-order chi connectivity index (χ0) is 13.5. The van der Waals surface area contributed by atoms with Crippen molar-refractivity contribution in [2.75, 3.05) is 18.5 Å². The van der Waals surface area contributed by atoms with Crippen LogP contribution in [0.5, 0.6) is 0 Å². The molecule has 1 amide bonds. The number of benzene rings is 1. The maximum absolute atomic E-state index is 11.7. The van der Waals surface area contributed by atoms with E-state index < -0.39 is 0 Å². The van der Waals surface area contributed by atoms with Gasteiger partial charge in [0, 0.05) is 25.3 Å². The molecule has 4 nitrogen and oxygen atoms in total. The average molecular weight is 258 g/mol. The standard InChI is InChI=1S/C15H18N2O2/c16-10-13-3-1-4-14(9-13)17-15(18)5-2-8-19-11-12-6-7-12/h1,3-4,9,12H,2,5-8,11H2,(H,17,18). The number of amides is 1. The fourth-order valence-electron chi connectivity index (χ4n) is 1.76. The van der Waals surface area contributed by atoms with Crippen molar-refractivity contribution in [2.45, 2.75) is 25.7 Å². The van der Waals surface area contributed by atoms with Crippen molar-refractivity contribution in [1.82, 2.24) is 0 Å². The molecule has 1 aliphatic rings. The number of nitrogens with zero attached hydrogens (tertiary/aromatic N) is 1. The van der Waals surface area contributed by atoms with E-state index in [-0.39, 0.29) is 5.91 Å². The molecule has 1 aromatic rings. The molecule has 0 saturated heterocycles. The molecule has 1 aromatic carbocycles. The molecule has 0 radical (unpaired) electrons. The summed E-state index contributed by atoms with van der Waals surface area (Å²) < 4.78 is 5.47. The molecule has 0 spiro atoms. The van der Waals surface area contributed by atoms with Crippen LogP contribution < -0.4 is 5.32 Å². The number of rotatable bonds is 7.